The monoisotopic (exact) mass is 355 g/mol. The van der Waals surface area contributed by atoms with Crippen molar-refractivity contribution >= 4 is 28.7 Å². The number of esters is 1. The van der Waals surface area contributed by atoms with Crippen molar-refractivity contribution < 1.29 is 13.9 Å². The molecule has 0 spiro atoms. The number of methoxy groups -OCH3 is 1. The second-order valence-corrected chi connectivity index (χ2v) is 6.03. The molecule has 4 heteroatoms. The maximum Gasteiger partial charge on any atom is 0.338 e. The van der Waals surface area contributed by atoms with E-state index in [1.54, 1.807) is 0 Å². The molecule has 4 aromatic rings. The molecular weight excluding hydrogens is 338 g/mol. The van der Waals surface area contributed by atoms with Crippen LogP contribution in [0.2, 0.25) is 0 Å². The van der Waals surface area contributed by atoms with E-state index < -0.39 is 5.97 Å². The number of carbonyl (C=O) groups excluding carboxylic acids is 1. The lowest BCUT2D eigenvalue weighted by molar-refractivity contribution is -0.133. The molecule has 0 radical (unpaired) electrons. The van der Waals surface area contributed by atoms with Gasteiger partial charge in [-0.1, -0.05) is 54.6 Å². The van der Waals surface area contributed by atoms with Gasteiger partial charge in [0.25, 0.3) is 0 Å². The molecule has 4 rings (SSSR count). The zero-order valence-corrected chi connectivity index (χ0v) is 14.8. The van der Waals surface area contributed by atoms with Crippen LogP contribution < -0.4 is 0 Å². The number of oxazole rings is 1. The summed E-state index contributed by atoms with van der Waals surface area (Å²) in [6.45, 7) is 0. The standard InChI is InChI=1S/C23H17NO3/c1-26-23(25)19(14-16-8-4-2-5-9-16)18-12-13-20-21(15-18)27-22(24-20)17-10-6-3-7-11-17/h2-15H,1H3. The summed E-state index contributed by atoms with van der Waals surface area (Å²) < 4.78 is 10.9. The highest BCUT2D eigenvalue weighted by Gasteiger charge is 2.15. The quantitative estimate of drug-likeness (QED) is 0.286. The predicted molar refractivity (Wildman–Crippen MR) is 106 cm³/mol. The van der Waals surface area contributed by atoms with Gasteiger partial charge in [0.05, 0.1) is 12.7 Å². The summed E-state index contributed by atoms with van der Waals surface area (Å²) in [6.07, 6.45) is 1.81. The van der Waals surface area contributed by atoms with Gasteiger partial charge in [-0.3, -0.25) is 0 Å². The van der Waals surface area contributed by atoms with Gasteiger partial charge in [0.15, 0.2) is 5.58 Å². The van der Waals surface area contributed by atoms with Gasteiger partial charge in [-0.2, -0.15) is 0 Å². The van der Waals surface area contributed by atoms with E-state index in [4.69, 9.17) is 9.15 Å². The van der Waals surface area contributed by atoms with Crippen molar-refractivity contribution in [2.75, 3.05) is 7.11 Å². The minimum absolute atomic E-state index is 0.402. The second-order valence-electron chi connectivity index (χ2n) is 6.03. The summed E-state index contributed by atoms with van der Waals surface area (Å²) in [4.78, 5) is 16.9. The van der Waals surface area contributed by atoms with Gasteiger partial charge in [-0.25, -0.2) is 9.78 Å². The number of ether oxygens (including phenoxy) is 1. The average Bonchev–Trinajstić information content (AvgIpc) is 3.16. The molecule has 0 bridgehead atoms. The number of benzene rings is 3. The van der Waals surface area contributed by atoms with Crippen molar-refractivity contribution in [1.29, 1.82) is 0 Å². The average molecular weight is 355 g/mol. The molecule has 0 aliphatic heterocycles. The Morgan fingerprint density at radius 1 is 0.963 bits per heavy atom. The molecule has 3 aromatic carbocycles. The van der Waals surface area contributed by atoms with Crippen molar-refractivity contribution in [2.45, 2.75) is 0 Å². The molecule has 4 nitrogen and oxygen atoms in total. The van der Waals surface area contributed by atoms with Crippen molar-refractivity contribution in [3.63, 3.8) is 0 Å². The highest BCUT2D eigenvalue weighted by molar-refractivity contribution is 6.21. The number of fused-ring (bicyclic) bond motifs is 1. The van der Waals surface area contributed by atoms with E-state index >= 15 is 0 Å². The van der Waals surface area contributed by atoms with Gasteiger partial charge in [0.2, 0.25) is 5.89 Å². The van der Waals surface area contributed by atoms with Gasteiger partial charge in [0.1, 0.15) is 5.52 Å². The highest BCUT2D eigenvalue weighted by atomic mass is 16.5. The summed E-state index contributed by atoms with van der Waals surface area (Å²) >= 11 is 0. The Bertz CT molecular complexity index is 1110. The van der Waals surface area contributed by atoms with Crippen LogP contribution in [0.5, 0.6) is 0 Å². The summed E-state index contributed by atoms with van der Waals surface area (Å²) in [5.41, 5.74) is 4.36. The number of rotatable bonds is 4. The smallest absolute Gasteiger partial charge is 0.338 e. The number of aromatic nitrogens is 1. The van der Waals surface area contributed by atoms with Crippen molar-refractivity contribution in [3.8, 4) is 11.5 Å². The predicted octanol–water partition coefficient (Wildman–Crippen LogP) is 5.21. The molecule has 0 unspecified atom stereocenters. The lowest BCUT2D eigenvalue weighted by Crippen LogP contribution is -2.03. The van der Waals surface area contributed by atoms with Crippen LogP contribution in [0.25, 0.3) is 34.2 Å². The minimum atomic E-state index is -0.402. The van der Waals surface area contributed by atoms with Crippen LogP contribution >= 0.6 is 0 Å². The Morgan fingerprint density at radius 3 is 2.37 bits per heavy atom. The van der Waals surface area contributed by atoms with Crippen LogP contribution in [0.1, 0.15) is 11.1 Å². The molecule has 0 N–H and O–H groups in total. The number of hydrogen-bond acceptors (Lipinski definition) is 4. The Morgan fingerprint density at radius 2 is 1.67 bits per heavy atom. The Hall–Kier alpha value is -3.66. The maximum atomic E-state index is 12.3. The van der Waals surface area contributed by atoms with Crippen molar-refractivity contribution in [3.05, 3.63) is 90.0 Å². The first-order valence-corrected chi connectivity index (χ1v) is 8.56. The Kier molecular flexibility index (Phi) is 4.54. The summed E-state index contributed by atoms with van der Waals surface area (Å²) in [5.74, 6) is 0.149. The van der Waals surface area contributed by atoms with E-state index in [0.29, 0.717) is 22.6 Å². The van der Waals surface area contributed by atoms with Gasteiger partial charge in [-0.05, 0) is 41.5 Å². The van der Waals surface area contributed by atoms with Crippen LogP contribution in [0.4, 0.5) is 0 Å². The zero-order valence-electron chi connectivity index (χ0n) is 14.8. The number of hydrogen-bond donors (Lipinski definition) is 0. The topological polar surface area (TPSA) is 52.3 Å². The van der Waals surface area contributed by atoms with Crippen LogP contribution in [0.15, 0.2) is 83.3 Å². The van der Waals surface area contributed by atoms with Gasteiger partial charge in [-0.15, -0.1) is 0 Å². The first-order chi connectivity index (χ1) is 13.2. The van der Waals surface area contributed by atoms with Crippen LogP contribution in [-0.2, 0) is 9.53 Å². The van der Waals surface area contributed by atoms with E-state index in [1.807, 2.05) is 84.9 Å². The fourth-order valence-electron chi connectivity index (χ4n) is 2.88. The third-order valence-electron chi connectivity index (χ3n) is 4.24. The van der Waals surface area contributed by atoms with Crippen LogP contribution in [0.3, 0.4) is 0 Å². The van der Waals surface area contributed by atoms with Gasteiger partial charge in [0, 0.05) is 5.56 Å². The van der Waals surface area contributed by atoms with E-state index in [-0.39, 0.29) is 0 Å². The Labute approximate surface area is 156 Å². The molecule has 27 heavy (non-hydrogen) atoms. The van der Waals surface area contributed by atoms with E-state index in [9.17, 15) is 4.79 Å². The zero-order chi connectivity index (χ0) is 18.6. The molecular formula is C23H17NO3. The van der Waals surface area contributed by atoms with E-state index in [0.717, 1.165) is 16.6 Å². The molecule has 0 amide bonds. The van der Waals surface area contributed by atoms with E-state index in [2.05, 4.69) is 4.98 Å². The first kappa shape index (κ1) is 16.8. The molecule has 0 atom stereocenters. The SMILES string of the molecule is COC(=O)C(=Cc1ccccc1)c1ccc2nc(-c3ccccc3)oc2c1. The molecule has 0 aliphatic carbocycles. The van der Waals surface area contributed by atoms with Gasteiger partial charge < -0.3 is 9.15 Å². The van der Waals surface area contributed by atoms with Crippen LogP contribution in [-0.4, -0.2) is 18.1 Å². The fourth-order valence-corrected chi connectivity index (χ4v) is 2.88. The molecule has 0 aliphatic rings. The fraction of sp³-hybridized carbons (Fsp3) is 0.0435. The lowest BCUT2D eigenvalue weighted by Gasteiger charge is -2.06. The maximum absolute atomic E-state index is 12.3. The van der Waals surface area contributed by atoms with Crippen LogP contribution in [0, 0.1) is 0 Å². The lowest BCUT2D eigenvalue weighted by atomic mass is 10.0. The molecule has 132 valence electrons. The highest BCUT2D eigenvalue weighted by Crippen LogP contribution is 2.28. The molecule has 0 saturated carbocycles. The number of carbonyl (C=O) groups is 1. The normalized spacial score (nSPS) is 11.5. The summed E-state index contributed by atoms with van der Waals surface area (Å²) in [7, 11) is 1.38. The number of nitrogens with zero attached hydrogens (tertiary/aromatic N) is 1. The Balaban J connectivity index is 1.79. The molecule has 0 saturated heterocycles. The minimum Gasteiger partial charge on any atom is -0.465 e. The van der Waals surface area contributed by atoms with E-state index in [1.165, 1.54) is 7.11 Å². The molecule has 1 aromatic heterocycles. The second kappa shape index (κ2) is 7.30. The summed E-state index contributed by atoms with van der Waals surface area (Å²) in [5, 5.41) is 0. The first-order valence-electron chi connectivity index (χ1n) is 8.56. The molecule has 0 fully saturated rings. The third kappa shape index (κ3) is 3.51. The van der Waals surface area contributed by atoms with Gasteiger partial charge >= 0.3 is 5.97 Å². The summed E-state index contributed by atoms with van der Waals surface area (Å²) in [6, 6.07) is 24.9. The third-order valence-corrected chi connectivity index (χ3v) is 4.24. The van der Waals surface area contributed by atoms with Crippen molar-refractivity contribution in [2.24, 2.45) is 0 Å². The van der Waals surface area contributed by atoms with Crippen molar-refractivity contribution in [1.82, 2.24) is 4.98 Å². The molecule has 1 heterocycles. The largest absolute Gasteiger partial charge is 0.465 e.